The van der Waals surface area contributed by atoms with Crippen molar-refractivity contribution in [2.45, 2.75) is 31.5 Å². The zero-order valence-electron chi connectivity index (χ0n) is 16.9. The molecule has 156 valence electrons. The van der Waals surface area contributed by atoms with Gasteiger partial charge in [-0.2, -0.15) is 0 Å². The minimum Gasteiger partial charge on any atom is -0.327 e. The summed E-state index contributed by atoms with van der Waals surface area (Å²) >= 11 is 12.4. The van der Waals surface area contributed by atoms with E-state index in [4.69, 9.17) is 28.2 Å². The van der Waals surface area contributed by atoms with Crippen LogP contribution in [0.25, 0.3) is 11.0 Å². The normalized spacial score (nSPS) is 12.4. The SMILES string of the molecule is CCn1c(CN(C)Cc2cccc(Cl)c2Cl)nc2cc(S(=O)(=O)N(C)C)ccc21. The van der Waals surface area contributed by atoms with Crippen molar-refractivity contribution in [1.29, 1.82) is 0 Å². The first-order chi connectivity index (χ1) is 13.6. The first-order valence-corrected chi connectivity index (χ1v) is 11.4. The highest BCUT2D eigenvalue weighted by Crippen LogP contribution is 2.27. The van der Waals surface area contributed by atoms with E-state index in [1.807, 2.05) is 32.2 Å². The molecular formula is C20H24Cl2N4O2S. The van der Waals surface area contributed by atoms with Gasteiger partial charge in [0.15, 0.2) is 0 Å². The minimum absolute atomic E-state index is 0.237. The molecule has 6 nitrogen and oxygen atoms in total. The summed E-state index contributed by atoms with van der Waals surface area (Å²) in [6.45, 7) is 3.98. The van der Waals surface area contributed by atoms with Gasteiger partial charge >= 0.3 is 0 Å². The van der Waals surface area contributed by atoms with Crippen LogP contribution in [0.1, 0.15) is 18.3 Å². The molecule has 0 saturated heterocycles. The zero-order chi connectivity index (χ0) is 21.3. The van der Waals surface area contributed by atoms with Crippen LogP contribution >= 0.6 is 23.2 Å². The van der Waals surface area contributed by atoms with E-state index in [1.54, 1.807) is 18.2 Å². The predicted octanol–water partition coefficient (Wildman–Crippen LogP) is 4.25. The van der Waals surface area contributed by atoms with Crippen molar-refractivity contribution in [3.63, 3.8) is 0 Å². The van der Waals surface area contributed by atoms with Gasteiger partial charge in [-0.05, 0) is 43.8 Å². The molecule has 3 rings (SSSR count). The van der Waals surface area contributed by atoms with Crippen LogP contribution in [0.2, 0.25) is 10.0 Å². The monoisotopic (exact) mass is 454 g/mol. The lowest BCUT2D eigenvalue weighted by atomic mass is 10.2. The number of hydrogen-bond donors (Lipinski definition) is 0. The van der Waals surface area contributed by atoms with Gasteiger partial charge in [-0.1, -0.05) is 35.3 Å². The minimum atomic E-state index is -3.50. The number of imidazole rings is 1. The number of benzene rings is 2. The Morgan fingerprint density at radius 3 is 2.45 bits per heavy atom. The van der Waals surface area contributed by atoms with E-state index in [-0.39, 0.29) is 4.90 Å². The molecule has 29 heavy (non-hydrogen) atoms. The van der Waals surface area contributed by atoms with Crippen molar-refractivity contribution in [2.24, 2.45) is 0 Å². The lowest BCUT2D eigenvalue weighted by molar-refractivity contribution is 0.306. The van der Waals surface area contributed by atoms with Crippen LogP contribution in [0.3, 0.4) is 0 Å². The van der Waals surface area contributed by atoms with Gasteiger partial charge in [-0.15, -0.1) is 0 Å². The highest BCUT2D eigenvalue weighted by molar-refractivity contribution is 7.89. The van der Waals surface area contributed by atoms with E-state index < -0.39 is 10.0 Å². The Balaban J connectivity index is 1.91. The van der Waals surface area contributed by atoms with Gasteiger partial charge in [-0.25, -0.2) is 17.7 Å². The summed E-state index contributed by atoms with van der Waals surface area (Å²) in [6, 6.07) is 10.7. The number of aryl methyl sites for hydroxylation is 1. The van der Waals surface area contributed by atoms with Gasteiger partial charge in [0.25, 0.3) is 0 Å². The van der Waals surface area contributed by atoms with Crippen molar-refractivity contribution in [3.8, 4) is 0 Å². The van der Waals surface area contributed by atoms with E-state index in [1.165, 1.54) is 18.4 Å². The second kappa shape index (κ2) is 8.62. The largest absolute Gasteiger partial charge is 0.327 e. The Hall–Kier alpha value is -1.64. The first-order valence-electron chi connectivity index (χ1n) is 9.18. The molecule has 1 aromatic heterocycles. The van der Waals surface area contributed by atoms with Gasteiger partial charge < -0.3 is 4.57 Å². The molecule has 0 amide bonds. The number of nitrogens with zero attached hydrogens (tertiary/aromatic N) is 4. The van der Waals surface area contributed by atoms with Crippen molar-refractivity contribution in [2.75, 3.05) is 21.1 Å². The predicted molar refractivity (Wildman–Crippen MR) is 118 cm³/mol. The van der Waals surface area contributed by atoms with Gasteiger partial charge in [0, 0.05) is 27.2 Å². The Bertz CT molecular complexity index is 1140. The van der Waals surface area contributed by atoms with Crippen LogP contribution in [0.15, 0.2) is 41.3 Å². The highest BCUT2D eigenvalue weighted by atomic mass is 35.5. The third-order valence-electron chi connectivity index (χ3n) is 4.78. The summed E-state index contributed by atoms with van der Waals surface area (Å²) in [5.41, 5.74) is 2.52. The lowest BCUT2D eigenvalue weighted by Crippen LogP contribution is -2.22. The number of rotatable bonds is 7. The molecule has 0 spiro atoms. The Morgan fingerprint density at radius 2 is 1.79 bits per heavy atom. The quantitative estimate of drug-likeness (QED) is 0.535. The van der Waals surface area contributed by atoms with Crippen LogP contribution in [0.5, 0.6) is 0 Å². The maximum Gasteiger partial charge on any atom is 0.242 e. The maximum atomic E-state index is 12.4. The molecule has 0 aliphatic carbocycles. The van der Waals surface area contributed by atoms with E-state index in [0.717, 1.165) is 23.4 Å². The molecule has 0 bridgehead atoms. The molecule has 1 heterocycles. The van der Waals surface area contributed by atoms with Crippen LogP contribution in [-0.4, -0.2) is 48.3 Å². The average molecular weight is 455 g/mol. The summed E-state index contributed by atoms with van der Waals surface area (Å²) in [4.78, 5) is 7.05. The molecule has 0 unspecified atom stereocenters. The molecule has 0 aliphatic rings. The first kappa shape index (κ1) is 22.1. The summed E-state index contributed by atoms with van der Waals surface area (Å²) in [6.07, 6.45) is 0. The zero-order valence-corrected chi connectivity index (χ0v) is 19.2. The fraction of sp³-hybridized carbons (Fsp3) is 0.350. The number of aromatic nitrogens is 2. The van der Waals surface area contributed by atoms with Crippen LogP contribution in [0, 0.1) is 0 Å². The number of sulfonamides is 1. The molecule has 0 aliphatic heterocycles. The van der Waals surface area contributed by atoms with Crippen molar-refractivity contribution < 1.29 is 8.42 Å². The Kier molecular flexibility index (Phi) is 6.55. The van der Waals surface area contributed by atoms with Crippen molar-refractivity contribution in [3.05, 3.63) is 57.8 Å². The van der Waals surface area contributed by atoms with Crippen LogP contribution in [0.4, 0.5) is 0 Å². The fourth-order valence-corrected chi connectivity index (χ4v) is 4.57. The third kappa shape index (κ3) is 4.44. The van der Waals surface area contributed by atoms with E-state index in [0.29, 0.717) is 28.7 Å². The number of hydrogen-bond acceptors (Lipinski definition) is 4. The molecule has 0 N–H and O–H groups in total. The van der Waals surface area contributed by atoms with E-state index in [9.17, 15) is 8.42 Å². The third-order valence-corrected chi connectivity index (χ3v) is 7.45. The van der Waals surface area contributed by atoms with Crippen molar-refractivity contribution >= 4 is 44.3 Å². The molecule has 3 aromatic rings. The molecular weight excluding hydrogens is 431 g/mol. The van der Waals surface area contributed by atoms with Gasteiger partial charge in [-0.3, -0.25) is 4.90 Å². The lowest BCUT2D eigenvalue weighted by Gasteiger charge is -2.18. The van der Waals surface area contributed by atoms with E-state index >= 15 is 0 Å². The standard InChI is InChI=1S/C20H24Cl2N4O2S/c1-5-26-18-10-9-15(29(27,28)24(2)3)11-17(18)23-19(26)13-25(4)12-14-7-6-8-16(21)20(14)22/h6-11H,5,12-13H2,1-4H3. The van der Waals surface area contributed by atoms with Gasteiger partial charge in [0.05, 0.1) is 32.5 Å². The molecule has 0 fully saturated rings. The average Bonchev–Trinajstić information content (AvgIpc) is 3.01. The molecule has 0 radical (unpaired) electrons. The Labute approximate surface area is 181 Å². The molecule has 0 atom stereocenters. The molecule has 9 heteroatoms. The summed E-state index contributed by atoms with van der Waals surface area (Å²) < 4.78 is 28.2. The number of halogens is 2. The number of fused-ring (bicyclic) bond motifs is 1. The summed E-state index contributed by atoms with van der Waals surface area (Å²) in [7, 11) is 1.52. The maximum absolute atomic E-state index is 12.4. The second-order valence-electron chi connectivity index (χ2n) is 7.10. The Morgan fingerprint density at radius 1 is 1.07 bits per heavy atom. The fourth-order valence-electron chi connectivity index (χ4n) is 3.26. The molecule has 2 aromatic carbocycles. The summed E-state index contributed by atoms with van der Waals surface area (Å²) in [5.74, 6) is 0.863. The van der Waals surface area contributed by atoms with Crippen LogP contribution < -0.4 is 0 Å². The van der Waals surface area contributed by atoms with Crippen molar-refractivity contribution in [1.82, 2.24) is 18.8 Å². The van der Waals surface area contributed by atoms with Gasteiger partial charge in [0.2, 0.25) is 10.0 Å². The summed E-state index contributed by atoms with van der Waals surface area (Å²) in [5, 5.41) is 1.09. The smallest absolute Gasteiger partial charge is 0.242 e. The second-order valence-corrected chi connectivity index (χ2v) is 10.0. The molecule has 0 saturated carbocycles. The highest BCUT2D eigenvalue weighted by Gasteiger charge is 2.20. The topological polar surface area (TPSA) is 58.4 Å². The van der Waals surface area contributed by atoms with Crippen LogP contribution in [-0.2, 0) is 29.7 Å². The van der Waals surface area contributed by atoms with Gasteiger partial charge in [0.1, 0.15) is 5.82 Å². The van der Waals surface area contributed by atoms with E-state index in [2.05, 4.69) is 9.47 Å².